The van der Waals surface area contributed by atoms with E-state index in [1.807, 2.05) is 30.7 Å². The minimum atomic E-state index is 0. The zero-order chi connectivity index (χ0) is 11.1. The van der Waals surface area contributed by atoms with E-state index in [1.165, 1.54) is 0 Å². The monoisotopic (exact) mass is 238 g/mol. The van der Waals surface area contributed by atoms with Gasteiger partial charge in [-0.3, -0.25) is 11.8 Å². The molecule has 0 aromatic carbocycles. The molecule has 84 valence electrons. The predicted octanol–water partition coefficient (Wildman–Crippen LogP) is -1.25. The number of hydrogen-bond acceptors (Lipinski definition) is 2. The van der Waals surface area contributed by atoms with Crippen LogP contribution in [0.5, 0.6) is 0 Å². The standard InChI is InChI=1S/C9H17N2O.C2H6.K/c1-8(12)11-6-4-9(5-7-11)10(2)3;1-2;/h9H,2,4-7H2,1,3H3;1-2H3;/q-1;;+1. The van der Waals surface area contributed by atoms with Crippen molar-refractivity contribution in [3.8, 4) is 0 Å². The van der Waals surface area contributed by atoms with Crippen molar-refractivity contribution in [1.29, 1.82) is 0 Å². The molecule has 15 heavy (non-hydrogen) atoms. The van der Waals surface area contributed by atoms with Crippen LogP contribution in [-0.2, 0) is 4.79 Å². The first-order chi connectivity index (χ1) is 6.61. The van der Waals surface area contributed by atoms with Gasteiger partial charge < -0.3 is 9.80 Å². The molecule has 0 N–H and O–H groups in total. The van der Waals surface area contributed by atoms with E-state index in [2.05, 4.69) is 7.05 Å². The fourth-order valence-electron chi connectivity index (χ4n) is 1.62. The Hall–Kier alpha value is 1.07. The van der Waals surface area contributed by atoms with Crippen LogP contribution in [0.25, 0.3) is 0 Å². The molecule has 0 saturated carbocycles. The van der Waals surface area contributed by atoms with Crippen molar-refractivity contribution in [1.82, 2.24) is 9.80 Å². The molecule has 1 saturated heterocycles. The number of likely N-dealkylation sites (tertiary alicyclic amines) is 1. The van der Waals surface area contributed by atoms with Crippen LogP contribution in [-0.4, -0.2) is 41.9 Å². The SMILES string of the molecule is CC.[CH2-]N(C)C1CCN(C(C)=O)CC1.[K+]. The minimum Gasteiger partial charge on any atom is -0.459 e. The maximum absolute atomic E-state index is 11.0. The van der Waals surface area contributed by atoms with Crippen molar-refractivity contribution in [2.45, 2.75) is 39.7 Å². The van der Waals surface area contributed by atoms with Crippen molar-refractivity contribution in [3.05, 3.63) is 7.05 Å². The molecular formula is C11H23KN2O. The summed E-state index contributed by atoms with van der Waals surface area (Å²) in [6, 6.07) is 0.556. The van der Waals surface area contributed by atoms with Gasteiger partial charge in [0.2, 0.25) is 5.91 Å². The van der Waals surface area contributed by atoms with E-state index in [1.54, 1.807) is 6.92 Å². The fraction of sp³-hybridized carbons (Fsp3) is 0.818. The molecule has 1 aliphatic rings. The summed E-state index contributed by atoms with van der Waals surface area (Å²) >= 11 is 0. The Morgan fingerprint density at radius 2 is 1.73 bits per heavy atom. The average Bonchev–Trinajstić information content (AvgIpc) is 2.21. The van der Waals surface area contributed by atoms with Gasteiger partial charge in [0.15, 0.2) is 0 Å². The van der Waals surface area contributed by atoms with E-state index in [4.69, 9.17) is 0 Å². The maximum atomic E-state index is 11.0. The van der Waals surface area contributed by atoms with Crippen molar-refractivity contribution in [2.75, 3.05) is 20.1 Å². The molecule has 0 unspecified atom stereocenters. The molecule has 4 heteroatoms. The topological polar surface area (TPSA) is 23.6 Å². The first-order valence-corrected chi connectivity index (χ1v) is 5.40. The van der Waals surface area contributed by atoms with E-state index < -0.39 is 0 Å². The molecule has 1 rings (SSSR count). The summed E-state index contributed by atoms with van der Waals surface area (Å²) in [5.74, 6) is 0.195. The number of amides is 1. The third-order valence-corrected chi connectivity index (χ3v) is 2.53. The Labute approximate surface area is 137 Å². The molecule has 0 radical (unpaired) electrons. The molecule has 1 fully saturated rings. The van der Waals surface area contributed by atoms with Crippen LogP contribution in [0.15, 0.2) is 0 Å². The molecule has 0 spiro atoms. The van der Waals surface area contributed by atoms with Gasteiger partial charge in [0.05, 0.1) is 0 Å². The van der Waals surface area contributed by atoms with Gasteiger partial charge in [-0.1, -0.05) is 13.8 Å². The van der Waals surface area contributed by atoms with Gasteiger partial charge in [0.25, 0.3) is 0 Å². The smallest absolute Gasteiger partial charge is 0.459 e. The second kappa shape index (κ2) is 10.2. The van der Waals surface area contributed by atoms with Crippen LogP contribution in [0.1, 0.15) is 33.6 Å². The Morgan fingerprint density at radius 3 is 2.00 bits per heavy atom. The van der Waals surface area contributed by atoms with Crippen molar-refractivity contribution in [2.24, 2.45) is 0 Å². The molecule has 0 aromatic heterocycles. The summed E-state index contributed by atoms with van der Waals surface area (Å²) in [6.07, 6.45) is 2.11. The van der Waals surface area contributed by atoms with Gasteiger partial charge in [-0.25, -0.2) is 0 Å². The van der Waals surface area contributed by atoms with Crippen LogP contribution in [0.3, 0.4) is 0 Å². The summed E-state index contributed by atoms with van der Waals surface area (Å²) in [5.41, 5.74) is 0. The maximum Gasteiger partial charge on any atom is 1.00 e. The van der Waals surface area contributed by atoms with Crippen LogP contribution < -0.4 is 51.4 Å². The van der Waals surface area contributed by atoms with Crippen molar-refractivity contribution < 1.29 is 56.2 Å². The van der Waals surface area contributed by atoms with E-state index >= 15 is 0 Å². The first-order valence-electron chi connectivity index (χ1n) is 5.40. The normalized spacial score (nSPS) is 16.5. The summed E-state index contributed by atoms with van der Waals surface area (Å²) in [5, 5.41) is 0. The van der Waals surface area contributed by atoms with Crippen LogP contribution in [0.2, 0.25) is 0 Å². The molecule has 0 atom stereocenters. The fourth-order valence-corrected chi connectivity index (χ4v) is 1.62. The molecular weight excluding hydrogens is 215 g/mol. The molecule has 1 heterocycles. The molecule has 0 aliphatic carbocycles. The van der Waals surface area contributed by atoms with Crippen molar-refractivity contribution >= 4 is 5.91 Å². The number of nitrogens with zero attached hydrogens (tertiary/aromatic N) is 2. The van der Waals surface area contributed by atoms with Crippen LogP contribution in [0.4, 0.5) is 0 Å². The summed E-state index contributed by atoms with van der Waals surface area (Å²) in [4.78, 5) is 14.9. The number of hydrogen-bond donors (Lipinski definition) is 0. The molecule has 0 bridgehead atoms. The Kier molecular flexibility index (Phi) is 12.6. The Bertz CT molecular complexity index is 166. The second-order valence-electron chi connectivity index (χ2n) is 3.49. The van der Waals surface area contributed by atoms with Gasteiger partial charge in [0, 0.05) is 20.0 Å². The molecule has 3 nitrogen and oxygen atoms in total. The summed E-state index contributed by atoms with van der Waals surface area (Å²) in [6.45, 7) is 7.41. The number of rotatable bonds is 1. The Morgan fingerprint density at radius 1 is 1.33 bits per heavy atom. The largest absolute Gasteiger partial charge is 1.00 e. The number of carbonyl (C=O) groups excluding carboxylic acids is 1. The van der Waals surface area contributed by atoms with Crippen LogP contribution >= 0.6 is 0 Å². The van der Waals surface area contributed by atoms with Gasteiger partial charge in [-0.05, 0) is 25.9 Å². The van der Waals surface area contributed by atoms with Crippen molar-refractivity contribution in [3.63, 3.8) is 0 Å². The van der Waals surface area contributed by atoms with Gasteiger partial charge in [-0.2, -0.15) is 0 Å². The predicted molar refractivity (Wildman–Crippen MR) is 59.7 cm³/mol. The number of carbonyl (C=O) groups is 1. The second-order valence-corrected chi connectivity index (χ2v) is 3.49. The molecule has 0 aromatic rings. The van der Waals surface area contributed by atoms with Gasteiger partial charge in [-0.15, -0.1) is 0 Å². The third-order valence-electron chi connectivity index (χ3n) is 2.53. The third kappa shape index (κ3) is 7.08. The zero-order valence-corrected chi connectivity index (χ0v) is 14.0. The van der Waals surface area contributed by atoms with E-state index in [9.17, 15) is 4.79 Å². The minimum absolute atomic E-state index is 0. The van der Waals surface area contributed by atoms with E-state index in [0.29, 0.717) is 6.04 Å². The molecule has 1 aliphatic heterocycles. The summed E-state index contributed by atoms with van der Waals surface area (Å²) in [7, 11) is 5.86. The van der Waals surface area contributed by atoms with Crippen LogP contribution in [0, 0.1) is 7.05 Å². The average molecular weight is 238 g/mol. The Balaban J connectivity index is 0. The summed E-state index contributed by atoms with van der Waals surface area (Å²) < 4.78 is 0. The zero-order valence-electron chi connectivity index (χ0n) is 10.9. The van der Waals surface area contributed by atoms with Gasteiger partial charge in [0.1, 0.15) is 0 Å². The molecule has 1 amide bonds. The number of piperidine rings is 1. The van der Waals surface area contributed by atoms with E-state index in [-0.39, 0.29) is 57.3 Å². The first kappa shape index (κ1) is 18.4. The quantitative estimate of drug-likeness (QED) is 0.421. The van der Waals surface area contributed by atoms with E-state index in [0.717, 1.165) is 25.9 Å². The van der Waals surface area contributed by atoms with Gasteiger partial charge >= 0.3 is 51.4 Å².